The smallest absolute Gasteiger partial charge is 0.317 e. The molecule has 0 spiro atoms. The van der Waals surface area contributed by atoms with Crippen LogP contribution in [0.3, 0.4) is 0 Å². The molecular weight excluding hydrogens is 218 g/mol. The number of carbonyl (C=O) groups is 1. The minimum Gasteiger partial charge on any atom is -0.378 e. The van der Waals surface area contributed by atoms with E-state index in [9.17, 15) is 4.79 Å². The second-order valence-corrected chi connectivity index (χ2v) is 4.75. The molecular formula is C12H23N3O2. The van der Waals surface area contributed by atoms with Crippen LogP contribution in [0.2, 0.25) is 0 Å². The minimum atomic E-state index is 0.0717. The lowest BCUT2D eigenvalue weighted by molar-refractivity contribution is 0.0115. The van der Waals surface area contributed by atoms with Crippen LogP contribution in [0.5, 0.6) is 0 Å². The molecule has 5 heteroatoms. The van der Waals surface area contributed by atoms with Crippen LogP contribution < -0.4 is 10.6 Å². The number of nitrogens with zero attached hydrogens (tertiary/aromatic N) is 1. The number of carbonyl (C=O) groups excluding carboxylic acids is 1. The molecule has 0 aromatic carbocycles. The third kappa shape index (κ3) is 4.16. The second-order valence-electron chi connectivity index (χ2n) is 4.75. The van der Waals surface area contributed by atoms with E-state index in [4.69, 9.17) is 4.74 Å². The van der Waals surface area contributed by atoms with Gasteiger partial charge in [0.25, 0.3) is 0 Å². The molecule has 0 aromatic rings. The van der Waals surface area contributed by atoms with Gasteiger partial charge in [0.05, 0.1) is 6.10 Å². The first-order chi connectivity index (χ1) is 8.36. The first kappa shape index (κ1) is 12.6. The molecule has 0 aromatic heterocycles. The molecule has 2 heterocycles. The average molecular weight is 241 g/mol. The van der Waals surface area contributed by atoms with Gasteiger partial charge in [-0.1, -0.05) is 0 Å². The van der Waals surface area contributed by atoms with Crippen LogP contribution in [0.4, 0.5) is 4.79 Å². The number of amides is 2. The number of hydrogen-bond acceptors (Lipinski definition) is 3. The van der Waals surface area contributed by atoms with Gasteiger partial charge >= 0.3 is 6.03 Å². The van der Waals surface area contributed by atoms with Crippen molar-refractivity contribution >= 4 is 6.03 Å². The van der Waals surface area contributed by atoms with Gasteiger partial charge in [0.2, 0.25) is 0 Å². The summed E-state index contributed by atoms with van der Waals surface area (Å²) in [4.78, 5) is 13.1. The highest BCUT2D eigenvalue weighted by Gasteiger charge is 2.18. The van der Waals surface area contributed by atoms with E-state index in [2.05, 4.69) is 10.6 Å². The summed E-state index contributed by atoms with van der Waals surface area (Å²) in [5.41, 5.74) is 0. The zero-order valence-corrected chi connectivity index (χ0v) is 10.4. The van der Waals surface area contributed by atoms with Crippen LogP contribution in [0, 0.1) is 0 Å². The van der Waals surface area contributed by atoms with Crippen molar-refractivity contribution in [2.75, 3.05) is 39.3 Å². The maximum absolute atomic E-state index is 11.3. The second kappa shape index (κ2) is 6.81. The summed E-state index contributed by atoms with van der Waals surface area (Å²) in [6, 6.07) is 0.0717. The van der Waals surface area contributed by atoms with Crippen LogP contribution in [0.1, 0.15) is 25.7 Å². The molecule has 2 N–H and O–H groups in total. The normalized spacial score (nSPS) is 25.1. The van der Waals surface area contributed by atoms with E-state index in [1.807, 2.05) is 4.90 Å². The lowest BCUT2D eigenvalue weighted by Gasteiger charge is -2.22. The van der Waals surface area contributed by atoms with E-state index in [1.54, 1.807) is 0 Å². The average Bonchev–Trinajstić information content (AvgIpc) is 2.76. The zero-order chi connectivity index (χ0) is 11.9. The van der Waals surface area contributed by atoms with E-state index in [1.165, 1.54) is 19.3 Å². The third-order valence-corrected chi connectivity index (χ3v) is 3.42. The highest BCUT2D eigenvalue weighted by molar-refractivity contribution is 5.76. The predicted molar refractivity (Wildman–Crippen MR) is 66.0 cm³/mol. The Balaban J connectivity index is 1.47. The van der Waals surface area contributed by atoms with Gasteiger partial charge < -0.3 is 20.3 Å². The van der Waals surface area contributed by atoms with E-state index in [0.717, 1.165) is 45.8 Å². The quantitative estimate of drug-likeness (QED) is 0.668. The molecule has 0 bridgehead atoms. The molecule has 2 amide bonds. The Morgan fingerprint density at radius 3 is 3.06 bits per heavy atom. The fraction of sp³-hybridized carbons (Fsp3) is 0.917. The maximum atomic E-state index is 11.3. The van der Waals surface area contributed by atoms with Crippen molar-refractivity contribution in [2.24, 2.45) is 0 Å². The Bertz CT molecular complexity index is 242. The van der Waals surface area contributed by atoms with E-state index in [0.29, 0.717) is 6.10 Å². The highest BCUT2D eigenvalue weighted by Crippen LogP contribution is 2.14. The van der Waals surface area contributed by atoms with Crippen molar-refractivity contribution in [3.05, 3.63) is 0 Å². The fourth-order valence-corrected chi connectivity index (χ4v) is 2.36. The first-order valence-electron chi connectivity index (χ1n) is 6.71. The van der Waals surface area contributed by atoms with Gasteiger partial charge in [-0.2, -0.15) is 0 Å². The molecule has 0 saturated carbocycles. The van der Waals surface area contributed by atoms with Gasteiger partial charge in [0, 0.05) is 32.8 Å². The van der Waals surface area contributed by atoms with Gasteiger partial charge in [-0.15, -0.1) is 0 Å². The summed E-state index contributed by atoms with van der Waals surface area (Å²) < 4.78 is 5.66. The SMILES string of the molecule is O=C1NCCN1CCNCCC1CCCCO1. The van der Waals surface area contributed by atoms with Crippen LogP contribution >= 0.6 is 0 Å². The summed E-state index contributed by atoms with van der Waals surface area (Å²) in [6.07, 6.45) is 5.26. The minimum absolute atomic E-state index is 0.0717. The fourth-order valence-electron chi connectivity index (χ4n) is 2.36. The molecule has 0 radical (unpaired) electrons. The standard InChI is InChI=1S/C12H23N3O2/c16-12-14-7-9-15(12)8-6-13-5-4-11-3-1-2-10-17-11/h11,13H,1-10H2,(H,14,16). The lowest BCUT2D eigenvalue weighted by atomic mass is 10.1. The van der Waals surface area contributed by atoms with Crippen molar-refractivity contribution < 1.29 is 9.53 Å². The Labute approximate surface area is 103 Å². The van der Waals surface area contributed by atoms with Crippen molar-refractivity contribution in [3.8, 4) is 0 Å². The summed E-state index contributed by atoms with van der Waals surface area (Å²) in [7, 11) is 0. The Hall–Kier alpha value is -0.810. The number of hydrogen-bond donors (Lipinski definition) is 2. The van der Waals surface area contributed by atoms with Gasteiger partial charge in [-0.3, -0.25) is 0 Å². The van der Waals surface area contributed by atoms with E-state index < -0.39 is 0 Å². The monoisotopic (exact) mass is 241 g/mol. The Kier molecular flexibility index (Phi) is 5.07. The topological polar surface area (TPSA) is 53.6 Å². The maximum Gasteiger partial charge on any atom is 0.317 e. The van der Waals surface area contributed by atoms with Crippen LogP contribution in [0.25, 0.3) is 0 Å². The van der Waals surface area contributed by atoms with Crippen molar-refractivity contribution in [1.82, 2.24) is 15.5 Å². The summed E-state index contributed by atoms with van der Waals surface area (Å²) in [6.45, 7) is 5.22. The van der Waals surface area contributed by atoms with Gasteiger partial charge in [-0.05, 0) is 32.2 Å². The largest absolute Gasteiger partial charge is 0.378 e. The van der Waals surface area contributed by atoms with Crippen molar-refractivity contribution in [2.45, 2.75) is 31.8 Å². The van der Waals surface area contributed by atoms with Gasteiger partial charge in [-0.25, -0.2) is 4.79 Å². The summed E-state index contributed by atoms with van der Waals surface area (Å²) >= 11 is 0. The van der Waals surface area contributed by atoms with Crippen molar-refractivity contribution in [3.63, 3.8) is 0 Å². The number of urea groups is 1. The molecule has 17 heavy (non-hydrogen) atoms. The lowest BCUT2D eigenvalue weighted by Crippen LogP contribution is -2.35. The molecule has 5 nitrogen and oxygen atoms in total. The number of rotatable bonds is 6. The Morgan fingerprint density at radius 2 is 2.35 bits per heavy atom. The summed E-state index contributed by atoms with van der Waals surface area (Å²) in [5.74, 6) is 0. The molecule has 1 unspecified atom stereocenters. The van der Waals surface area contributed by atoms with E-state index >= 15 is 0 Å². The molecule has 2 saturated heterocycles. The molecule has 98 valence electrons. The van der Waals surface area contributed by atoms with Gasteiger partial charge in [0.1, 0.15) is 0 Å². The molecule has 2 aliphatic heterocycles. The number of ether oxygens (including phenoxy) is 1. The first-order valence-corrected chi connectivity index (χ1v) is 6.71. The molecule has 1 atom stereocenters. The van der Waals surface area contributed by atoms with Crippen molar-refractivity contribution in [1.29, 1.82) is 0 Å². The van der Waals surface area contributed by atoms with Crippen LogP contribution in [-0.4, -0.2) is 56.4 Å². The molecule has 2 rings (SSSR count). The van der Waals surface area contributed by atoms with Crippen LogP contribution in [0.15, 0.2) is 0 Å². The highest BCUT2D eigenvalue weighted by atomic mass is 16.5. The molecule has 0 aliphatic carbocycles. The molecule has 2 fully saturated rings. The molecule has 2 aliphatic rings. The Morgan fingerprint density at radius 1 is 1.41 bits per heavy atom. The van der Waals surface area contributed by atoms with E-state index in [-0.39, 0.29) is 6.03 Å². The van der Waals surface area contributed by atoms with Crippen LogP contribution in [-0.2, 0) is 4.74 Å². The number of nitrogens with one attached hydrogen (secondary N) is 2. The van der Waals surface area contributed by atoms with Gasteiger partial charge in [0.15, 0.2) is 0 Å². The predicted octanol–water partition coefficient (Wildman–Crippen LogP) is 0.560. The summed E-state index contributed by atoms with van der Waals surface area (Å²) in [5, 5.41) is 6.18. The zero-order valence-electron chi connectivity index (χ0n) is 10.4. The third-order valence-electron chi connectivity index (χ3n) is 3.42.